The van der Waals surface area contributed by atoms with E-state index >= 15 is 0 Å². The van der Waals surface area contributed by atoms with E-state index in [9.17, 15) is 25.5 Å². The molecular formula is C13H26O9. The standard InChI is InChI=1S/C13H26O9/c1-6-10(5-16)22-13(12(20)11(6)19)21-9(8(18)4-15)2-7(17)3-14/h6-20H,2-5H2,1H3/t6-,7?,8?,9?,10?,11+,12?,13-/m1/s1. The summed E-state index contributed by atoms with van der Waals surface area (Å²) in [5.41, 5.74) is 0. The molecule has 0 aromatic rings. The monoisotopic (exact) mass is 326 g/mol. The van der Waals surface area contributed by atoms with Crippen molar-refractivity contribution < 1.29 is 45.2 Å². The first-order valence-electron chi connectivity index (χ1n) is 7.21. The molecule has 0 aromatic carbocycles. The van der Waals surface area contributed by atoms with Gasteiger partial charge in [0.25, 0.3) is 0 Å². The molecule has 0 aliphatic carbocycles. The second-order valence-electron chi connectivity index (χ2n) is 5.56. The first kappa shape index (κ1) is 19.7. The zero-order valence-corrected chi connectivity index (χ0v) is 12.4. The maximum atomic E-state index is 9.98. The summed E-state index contributed by atoms with van der Waals surface area (Å²) in [5, 5.41) is 66.1. The normalized spacial score (nSPS) is 36.8. The summed E-state index contributed by atoms with van der Waals surface area (Å²) in [6.45, 7) is -0.0170. The van der Waals surface area contributed by atoms with Crippen molar-refractivity contribution >= 4 is 0 Å². The Morgan fingerprint density at radius 1 is 1.05 bits per heavy atom. The summed E-state index contributed by atoms with van der Waals surface area (Å²) in [5.74, 6) is -0.524. The van der Waals surface area contributed by atoms with Crippen LogP contribution in [-0.2, 0) is 9.47 Å². The molecule has 9 nitrogen and oxygen atoms in total. The molecule has 1 aliphatic heterocycles. The first-order valence-corrected chi connectivity index (χ1v) is 7.21. The lowest BCUT2D eigenvalue weighted by Gasteiger charge is -2.42. The van der Waals surface area contributed by atoms with Crippen LogP contribution < -0.4 is 0 Å². The number of hydrogen-bond donors (Lipinski definition) is 7. The predicted octanol–water partition coefficient (Wildman–Crippen LogP) is -3.46. The van der Waals surface area contributed by atoms with Gasteiger partial charge < -0.3 is 45.2 Å². The topological polar surface area (TPSA) is 160 Å². The van der Waals surface area contributed by atoms with Gasteiger partial charge >= 0.3 is 0 Å². The van der Waals surface area contributed by atoms with E-state index in [0.717, 1.165) is 0 Å². The molecule has 1 fully saturated rings. The molecule has 1 saturated heterocycles. The van der Waals surface area contributed by atoms with Crippen LogP contribution in [0.1, 0.15) is 13.3 Å². The minimum Gasteiger partial charge on any atom is -0.394 e. The molecule has 8 atom stereocenters. The Bertz CT molecular complexity index is 314. The Morgan fingerprint density at radius 2 is 1.68 bits per heavy atom. The molecule has 1 heterocycles. The Hall–Kier alpha value is -0.360. The molecule has 0 bridgehead atoms. The Morgan fingerprint density at radius 3 is 2.18 bits per heavy atom. The van der Waals surface area contributed by atoms with E-state index in [4.69, 9.17) is 19.7 Å². The fraction of sp³-hybridized carbons (Fsp3) is 1.00. The summed E-state index contributed by atoms with van der Waals surface area (Å²) in [7, 11) is 0. The SMILES string of the molecule is C[C@@H]1C(CO)O[C@@H](OC(CC(O)CO)C(O)CO)C(O)[C@H]1O. The van der Waals surface area contributed by atoms with Gasteiger partial charge in [0.05, 0.1) is 44.2 Å². The molecule has 0 aromatic heterocycles. The highest BCUT2D eigenvalue weighted by Crippen LogP contribution is 2.28. The van der Waals surface area contributed by atoms with Gasteiger partial charge in [0.15, 0.2) is 6.29 Å². The molecular weight excluding hydrogens is 300 g/mol. The fourth-order valence-electron chi connectivity index (χ4n) is 2.33. The molecule has 7 N–H and O–H groups in total. The third-order valence-electron chi connectivity index (χ3n) is 3.88. The minimum absolute atomic E-state index is 0.208. The Balaban J connectivity index is 2.77. The highest BCUT2D eigenvalue weighted by molar-refractivity contribution is 4.87. The lowest BCUT2D eigenvalue weighted by molar-refractivity contribution is -0.309. The molecule has 0 amide bonds. The van der Waals surface area contributed by atoms with Crippen molar-refractivity contribution in [2.45, 2.75) is 56.3 Å². The molecule has 0 saturated carbocycles. The predicted molar refractivity (Wildman–Crippen MR) is 72.6 cm³/mol. The van der Waals surface area contributed by atoms with E-state index in [2.05, 4.69) is 0 Å². The van der Waals surface area contributed by atoms with Crippen LogP contribution in [0.4, 0.5) is 0 Å². The van der Waals surface area contributed by atoms with Gasteiger partial charge in [-0.1, -0.05) is 6.92 Å². The molecule has 1 aliphatic rings. The highest BCUT2D eigenvalue weighted by Gasteiger charge is 2.44. The third kappa shape index (κ3) is 4.82. The van der Waals surface area contributed by atoms with Gasteiger partial charge in [-0.25, -0.2) is 0 Å². The van der Waals surface area contributed by atoms with Crippen LogP contribution in [0.3, 0.4) is 0 Å². The van der Waals surface area contributed by atoms with E-state index < -0.39 is 68.7 Å². The molecule has 132 valence electrons. The zero-order chi connectivity index (χ0) is 16.9. The van der Waals surface area contributed by atoms with Gasteiger partial charge in [-0.05, 0) is 0 Å². The number of ether oxygens (including phenoxy) is 2. The van der Waals surface area contributed by atoms with E-state index in [0.29, 0.717) is 0 Å². The van der Waals surface area contributed by atoms with Crippen LogP contribution in [0.25, 0.3) is 0 Å². The molecule has 9 heteroatoms. The summed E-state index contributed by atoms with van der Waals surface area (Å²) >= 11 is 0. The first-order chi connectivity index (χ1) is 10.3. The van der Waals surface area contributed by atoms with Gasteiger partial charge in [0.1, 0.15) is 12.2 Å². The van der Waals surface area contributed by atoms with Gasteiger partial charge in [-0.15, -0.1) is 0 Å². The highest BCUT2D eigenvalue weighted by atomic mass is 16.7. The van der Waals surface area contributed by atoms with Crippen LogP contribution in [-0.4, -0.2) is 98.5 Å². The van der Waals surface area contributed by atoms with Crippen molar-refractivity contribution in [1.82, 2.24) is 0 Å². The second-order valence-corrected chi connectivity index (χ2v) is 5.56. The lowest BCUT2D eigenvalue weighted by Crippen LogP contribution is -2.57. The zero-order valence-electron chi connectivity index (χ0n) is 12.4. The van der Waals surface area contributed by atoms with E-state index in [1.165, 1.54) is 0 Å². The van der Waals surface area contributed by atoms with E-state index in [-0.39, 0.29) is 6.42 Å². The van der Waals surface area contributed by atoms with Crippen molar-refractivity contribution in [3.05, 3.63) is 0 Å². The van der Waals surface area contributed by atoms with Crippen molar-refractivity contribution in [3.8, 4) is 0 Å². The summed E-state index contributed by atoms with van der Waals surface area (Å²) in [6.07, 6.45) is -8.64. The molecule has 0 radical (unpaired) electrons. The number of rotatable bonds is 8. The third-order valence-corrected chi connectivity index (χ3v) is 3.88. The average Bonchev–Trinajstić information content (AvgIpc) is 2.53. The van der Waals surface area contributed by atoms with Crippen molar-refractivity contribution in [2.24, 2.45) is 5.92 Å². The van der Waals surface area contributed by atoms with Crippen molar-refractivity contribution in [3.63, 3.8) is 0 Å². The van der Waals surface area contributed by atoms with Crippen molar-refractivity contribution in [1.29, 1.82) is 0 Å². The van der Waals surface area contributed by atoms with Crippen LogP contribution in [0, 0.1) is 5.92 Å². The van der Waals surface area contributed by atoms with E-state index in [1.54, 1.807) is 6.92 Å². The Kier molecular flexibility index (Phi) is 8.11. The van der Waals surface area contributed by atoms with Crippen LogP contribution in [0.5, 0.6) is 0 Å². The average molecular weight is 326 g/mol. The van der Waals surface area contributed by atoms with Gasteiger partial charge in [-0.2, -0.15) is 0 Å². The van der Waals surface area contributed by atoms with E-state index in [1.807, 2.05) is 0 Å². The summed E-state index contributed by atoms with van der Waals surface area (Å²) < 4.78 is 10.7. The molecule has 0 spiro atoms. The maximum absolute atomic E-state index is 9.98. The number of aliphatic hydroxyl groups is 7. The molecule has 22 heavy (non-hydrogen) atoms. The van der Waals surface area contributed by atoms with Crippen LogP contribution >= 0.6 is 0 Å². The molecule has 1 rings (SSSR count). The van der Waals surface area contributed by atoms with Crippen molar-refractivity contribution in [2.75, 3.05) is 19.8 Å². The van der Waals surface area contributed by atoms with Gasteiger partial charge in [0, 0.05) is 12.3 Å². The number of aliphatic hydroxyl groups excluding tert-OH is 7. The van der Waals surface area contributed by atoms with Gasteiger partial charge in [-0.3, -0.25) is 0 Å². The molecule has 5 unspecified atom stereocenters. The quantitative estimate of drug-likeness (QED) is 0.240. The van der Waals surface area contributed by atoms with Crippen LogP contribution in [0.2, 0.25) is 0 Å². The largest absolute Gasteiger partial charge is 0.394 e. The summed E-state index contributed by atoms with van der Waals surface area (Å²) in [6, 6.07) is 0. The smallest absolute Gasteiger partial charge is 0.186 e. The summed E-state index contributed by atoms with van der Waals surface area (Å²) in [4.78, 5) is 0. The maximum Gasteiger partial charge on any atom is 0.186 e. The van der Waals surface area contributed by atoms with Gasteiger partial charge in [0.2, 0.25) is 0 Å². The lowest BCUT2D eigenvalue weighted by atomic mass is 9.91. The van der Waals surface area contributed by atoms with Crippen LogP contribution in [0.15, 0.2) is 0 Å². The Labute approximate surface area is 128 Å². The second kappa shape index (κ2) is 9.06. The number of hydrogen-bond acceptors (Lipinski definition) is 9. The minimum atomic E-state index is -1.42. The fourth-order valence-corrected chi connectivity index (χ4v) is 2.33.